The fourth-order valence-corrected chi connectivity index (χ4v) is 3.47. The van der Waals surface area contributed by atoms with E-state index in [1.165, 1.54) is 5.56 Å². The van der Waals surface area contributed by atoms with Gasteiger partial charge < -0.3 is 9.15 Å². The van der Waals surface area contributed by atoms with Crippen LogP contribution in [0.4, 0.5) is 0 Å². The third kappa shape index (κ3) is 3.35. The minimum Gasteiger partial charge on any atom is -0.425 e. The second-order valence-electron chi connectivity index (χ2n) is 6.54. The van der Waals surface area contributed by atoms with Crippen LogP contribution in [0.15, 0.2) is 40.9 Å². The van der Waals surface area contributed by atoms with Crippen LogP contribution in [-0.2, 0) is 24.6 Å². The molecule has 1 aromatic carbocycles. The van der Waals surface area contributed by atoms with Gasteiger partial charge in [0.2, 0.25) is 11.8 Å². The fraction of sp³-hybridized carbons (Fsp3) is 0.421. The van der Waals surface area contributed by atoms with E-state index in [0.29, 0.717) is 11.8 Å². The van der Waals surface area contributed by atoms with Crippen LogP contribution in [0.3, 0.4) is 0 Å². The zero-order valence-electron chi connectivity index (χ0n) is 14.6. The molecule has 0 unspecified atom stereocenters. The molecule has 130 valence electrons. The van der Waals surface area contributed by atoms with E-state index in [0.717, 1.165) is 37.1 Å². The highest BCUT2D eigenvalue weighted by atomic mass is 16.5. The summed E-state index contributed by atoms with van der Waals surface area (Å²) in [4.78, 5) is 0. The Labute approximate surface area is 146 Å². The highest BCUT2D eigenvalue weighted by molar-refractivity contribution is 5.22. The summed E-state index contributed by atoms with van der Waals surface area (Å²) < 4.78 is 13.7. The Morgan fingerprint density at radius 1 is 1.16 bits per heavy atom. The smallest absolute Gasteiger partial charge is 0.222 e. The van der Waals surface area contributed by atoms with Crippen molar-refractivity contribution in [1.82, 2.24) is 20.0 Å². The Kier molecular flexibility index (Phi) is 4.36. The van der Waals surface area contributed by atoms with Crippen LogP contribution in [0, 0.1) is 6.92 Å². The second-order valence-corrected chi connectivity index (χ2v) is 6.54. The summed E-state index contributed by atoms with van der Waals surface area (Å²) in [5, 5.41) is 12.9. The van der Waals surface area contributed by atoms with Gasteiger partial charge in [0.15, 0.2) is 0 Å². The van der Waals surface area contributed by atoms with E-state index < -0.39 is 0 Å². The van der Waals surface area contributed by atoms with Crippen LogP contribution in [0.5, 0.6) is 0 Å². The van der Waals surface area contributed by atoms with Gasteiger partial charge in [-0.05, 0) is 30.9 Å². The molecule has 6 heteroatoms. The highest BCUT2D eigenvalue weighted by Crippen LogP contribution is 2.40. The highest BCUT2D eigenvalue weighted by Gasteiger charge is 2.34. The van der Waals surface area contributed by atoms with Crippen LogP contribution in [0.25, 0.3) is 0 Å². The lowest BCUT2D eigenvalue weighted by Crippen LogP contribution is -2.06. The standard InChI is InChI=1S/C19H22N4O2/c1-13-15(12-23(2)22-13)8-9-17-20-21-19(25-17)16-10-11-24-18(16)14-6-4-3-5-7-14/h3-7,12,16,18H,8-11H2,1-2H3/t16-,18+/m0/s1. The first-order valence-electron chi connectivity index (χ1n) is 8.68. The summed E-state index contributed by atoms with van der Waals surface area (Å²) >= 11 is 0. The molecule has 0 radical (unpaired) electrons. The van der Waals surface area contributed by atoms with Crippen molar-refractivity contribution in [2.75, 3.05) is 6.61 Å². The maximum atomic E-state index is 5.96. The van der Waals surface area contributed by atoms with Gasteiger partial charge in [-0.15, -0.1) is 10.2 Å². The molecule has 2 aromatic heterocycles. The molecule has 0 bridgehead atoms. The van der Waals surface area contributed by atoms with Crippen LogP contribution in [0.1, 0.15) is 47.0 Å². The minimum absolute atomic E-state index is 0.00457. The zero-order chi connectivity index (χ0) is 17.2. The minimum atomic E-state index is -0.00457. The lowest BCUT2D eigenvalue weighted by molar-refractivity contribution is 0.0997. The lowest BCUT2D eigenvalue weighted by Gasteiger charge is -2.15. The van der Waals surface area contributed by atoms with Crippen molar-refractivity contribution in [3.05, 3.63) is 65.1 Å². The third-order valence-electron chi connectivity index (χ3n) is 4.74. The molecule has 3 aromatic rings. The largest absolute Gasteiger partial charge is 0.425 e. The second kappa shape index (κ2) is 6.80. The molecule has 4 rings (SSSR count). The Morgan fingerprint density at radius 3 is 2.76 bits per heavy atom. The van der Waals surface area contributed by atoms with Gasteiger partial charge in [0, 0.05) is 26.3 Å². The van der Waals surface area contributed by atoms with E-state index in [4.69, 9.17) is 9.15 Å². The Balaban J connectivity index is 1.46. The number of hydrogen-bond acceptors (Lipinski definition) is 5. The van der Waals surface area contributed by atoms with Crippen LogP contribution in [0.2, 0.25) is 0 Å². The van der Waals surface area contributed by atoms with Gasteiger partial charge in [-0.25, -0.2) is 0 Å². The maximum Gasteiger partial charge on any atom is 0.222 e. The summed E-state index contributed by atoms with van der Waals surface area (Å²) in [7, 11) is 1.94. The molecule has 0 aliphatic carbocycles. The van der Waals surface area contributed by atoms with Gasteiger partial charge in [0.1, 0.15) is 0 Å². The fourth-order valence-electron chi connectivity index (χ4n) is 3.47. The van der Waals surface area contributed by atoms with E-state index in [2.05, 4.69) is 27.4 Å². The molecule has 1 aliphatic rings. The molecule has 3 heterocycles. The van der Waals surface area contributed by atoms with Gasteiger partial charge in [0.05, 0.1) is 17.7 Å². The number of ether oxygens (including phenoxy) is 1. The van der Waals surface area contributed by atoms with Crippen molar-refractivity contribution >= 4 is 0 Å². The normalized spacial score (nSPS) is 20.2. The van der Waals surface area contributed by atoms with Crippen molar-refractivity contribution in [3.8, 4) is 0 Å². The van der Waals surface area contributed by atoms with Gasteiger partial charge in [-0.2, -0.15) is 5.10 Å². The summed E-state index contributed by atoms with van der Waals surface area (Å²) in [6.45, 7) is 2.74. The average molecular weight is 338 g/mol. The molecule has 25 heavy (non-hydrogen) atoms. The van der Waals surface area contributed by atoms with Crippen molar-refractivity contribution in [1.29, 1.82) is 0 Å². The Bertz CT molecular complexity index is 840. The van der Waals surface area contributed by atoms with Crippen molar-refractivity contribution in [2.45, 2.75) is 38.2 Å². The Hall–Kier alpha value is -2.47. The third-order valence-corrected chi connectivity index (χ3v) is 4.74. The predicted octanol–water partition coefficient (Wildman–Crippen LogP) is 3.14. The molecular weight excluding hydrogens is 316 g/mol. The lowest BCUT2D eigenvalue weighted by atomic mass is 9.95. The number of aryl methyl sites for hydroxylation is 4. The number of nitrogens with zero attached hydrogens (tertiary/aromatic N) is 4. The molecule has 0 spiro atoms. The first-order valence-corrected chi connectivity index (χ1v) is 8.68. The number of benzene rings is 1. The number of rotatable bonds is 5. The molecule has 0 saturated carbocycles. The monoisotopic (exact) mass is 338 g/mol. The van der Waals surface area contributed by atoms with E-state index in [1.807, 2.05) is 43.0 Å². The first kappa shape index (κ1) is 16.0. The number of aromatic nitrogens is 4. The van der Waals surface area contributed by atoms with Crippen molar-refractivity contribution < 1.29 is 9.15 Å². The van der Waals surface area contributed by atoms with Crippen molar-refractivity contribution in [2.24, 2.45) is 7.05 Å². The molecule has 0 amide bonds. The average Bonchev–Trinajstić information content (AvgIpc) is 3.33. The zero-order valence-corrected chi connectivity index (χ0v) is 14.6. The van der Waals surface area contributed by atoms with Gasteiger partial charge in [-0.1, -0.05) is 30.3 Å². The molecule has 0 N–H and O–H groups in total. The molecule has 6 nitrogen and oxygen atoms in total. The van der Waals surface area contributed by atoms with E-state index in [9.17, 15) is 0 Å². The predicted molar refractivity (Wildman–Crippen MR) is 92.1 cm³/mol. The van der Waals surface area contributed by atoms with Gasteiger partial charge >= 0.3 is 0 Å². The van der Waals surface area contributed by atoms with Gasteiger partial charge in [-0.3, -0.25) is 4.68 Å². The molecule has 2 atom stereocenters. The van der Waals surface area contributed by atoms with Crippen LogP contribution < -0.4 is 0 Å². The van der Waals surface area contributed by atoms with E-state index in [-0.39, 0.29) is 12.0 Å². The topological polar surface area (TPSA) is 66.0 Å². The van der Waals surface area contributed by atoms with Crippen molar-refractivity contribution in [3.63, 3.8) is 0 Å². The molecule has 1 fully saturated rings. The SMILES string of the molecule is Cc1nn(C)cc1CCc1nnc([C@H]2CCO[C@@H]2c2ccccc2)o1. The van der Waals surface area contributed by atoms with Gasteiger partial charge in [0.25, 0.3) is 0 Å². The summed E-state index contributed by atoms with van der Waals surface area (Å²) in [6.07, 6.45) is 4.52. The first-order chi connectivity index (χ1) is 12.2. The van der Waals surface area contributed by atoms with Crippen LogP contribution in [-0.4, -0.2) is 26.6 Å². The quantitative estimate of drug-likeness (QED) is 0.715. The molecular formula is C19H22N4O2. The summed E-state index contributed by atoms with van der Waals surface area (Å²) in [5.41, 5.74) is 3.43. The molecule has 1 saturated heterocycles. The van der Waals surface area contributed by atoms with E-state index in [1.54, 1.807) is 0 Å². The summed E-state index contributed by atoms with van der Waals surface area (Å²) in [6, 6.07) is 10.3. The number of hydrogen-bond donors (Lipinski definition) is 0. The maximum absolute atomic E-state index is 5.96. The van der Waals surface area contributed by atoms with E-state index >= 15 is 0 Å². The summed E-state index contributed by atoms with van der Waals surface area (Å²) in [5.74, 6) is 1.49. The Morgan fingerprint density at radius 2 is 2.00 bits per heavy atom. The molecule has 1 aliphatic heterocycles. The van der Waals surface area contributed by atoms with Crippen LogP contribution >= 0.6 is 0 Å².